The van der Waals surface area contributed by atoms with Gasteiger partial charge in [-0.1, -0.05) is 68.1 Å². The molecule has 1 fully saturated rings. The molecule has 0 aliphatic carbocycles. The molecule has 4 aromatic rings. The summed E-state index contributed by atoms with van der Waals surface area (Å²) in [5, 5.41) is 5.13. The zero-order valence-electron chi connectivity index (χ0n) is 25.3. The summed E-state index contributed by atoms with van der Waals surface area (Å²) in [6.07, 6.45) is -1.39. The molecule has 45 heavy (non-hydrogen) atoms. The number of benzene rings is 3. The van der Waals surface area contributed by atoms with Crippen LogP contribution in [-0.2, 0) is 6.42 Å². The number of nitrogens with zero attached hydrogens (tertiary/aromatic N) is 6. The van der Waals surface area contributed by atoms with Gasteiger partial charge in [-0.25, -0.2) is 19.5 Å². The molecule has 3 aromatic carbocycles. The lowest BCUT2D eigenvalue weighted by Crippen LogP contribution is -2.42. The maximum atomic E-state index is 13.0. The first kappa shape index (κ1) is 32.0. The zero-order valence-corrected chi connectivity index (χ0v) is 26.1. The second-order valence-corrected chi connectivity index (χ2v) is 11.7. The molecule has 0 spiro atoms. The van der Waals surface area contributed by atoms with E-state index in [9.17, 15) is 18.0 Å². The molecule has 0 radical (unpaired) electrons. The van der Waals surface area contributed by atoms with Gasteiger partial charge in [0.2, 0.25) is 0 Å². The Morgan fingerprint density at radius 2 is 1.80 bits per heavy atom. The number of rotatable bonds is 7. The van der Waals surface area contributed by atoms with Crippen LogP contribution in [-0.4, -0.2) is 49.8 Å². The Labute approximate surface area is 264 Å². The Morgan fingerprint density at radius 3 is 2.49 bits per heavy atom. The second-order valence-electron chi connectivity index (χ2n) is 10.7. The van der Waals surface area contributed by atoms with Crippen molar-refractivity contribution in [3.05, 3.63) is 90.3 Å². The van der Waals surface area contributed by atoms with Gasteiger partial charge in [0.05, 0.1) is 5.69 Å². The summed E-state index contributed by atoms with van der Waals surface area (Å²) >= 11 is 1.58. The molecular formula is C33H33F3N6O2S. The minimum absolute atomic E-state index is 0.138. The molecule has 8 nitrogen and oxygen atoms in total. The number of alkyl halides is 3. The number of aliphatic imine (C=N–C) groups is 2. The lowest BCUT2D eigenvalue weighted by atomic mass is 9.96. The van der Waals surface area contributed by atoms with E-state index in [4.69, 9.17) is 0 Å². The van der Waals surface area contributed by atoms with Gasteiger partial charge in [0.15, 0.2) is 11.0 Å². The molecule has 2 atom stereocenters. The molecule has 0 N–H and O–H groups in total. The molecule has 5 rings (SSSR count). The molecule has 1 saturated heterocycles. The first-order valence-electron chi connectivity index (χ1n) is 14.6. The summed E-state index contributed by atoms with van der Waals surface area (Å²) in [6, 6.07) is 20.9. The molecule has 1 aliphatic rings. The smallest absolute Gasteiger partial charge is 0.406 e. The van der Waals surface area contributed by atoms with E-state index in [1.54, 1.807) is 11.8 Å². The number of halogens is 3. The summed E-state index contributed by atoms with van der Waals surface area (Å²) in [4.78, 5) is 28.3. The van der Waals surface area contributed by atoms with E-state index in [0.717, 1.165) is 35.4 Å². The number of hydrogen-bond acceptors (Lipinski definition) is 5. The van der Waals surface area contributed by atoms with Crippen molar-refractivity contribution in [1.82, 2.24) is 14.8 Å². The van der Waals surface area contributed by atoms with Crippen molar-refractivity contribution in [3.63, 3.8) is 0 Å². The number of carbonyl (C=O) groups is 1. The molecule has 0 bridgehead atoms. The molecule has 1 aromatic heterocycles. The summed E-state index contributed by atoms with van der Waals surface area (Å²) in [5.41, 5.74) is 5.18. The number of urea groups is 1. The fourth-order valence-corrected chi connectivity index (χ4v) is 6.22. The average Bonchev–Trinajstić information content (AvgIpc) is 3.51. The van der Waals surface area contributed by atoms with E-state index < -0.39 is 12.4 Å². The first-order chi connectivity index (χ1) is 21.5. The van der Waals surface area contributed by atoms with Crippen LogP contribution in [0.1, 0.15) is 51.2 Å². The maximum Gasteiger partial charge on any atom is 0.573 e. The Bertz CT molecular complexity index is 1700. The predicted octanol–water partition coefficient (Wildman–Crippen LogP) is 8.47. The van der Waals surface area contributed by atoms with Crippen LogP contribution in [0.2, 0.25) is 0 Å². The number of para-hydroxylation sites is 1. The highest BCUT2D eigenvalue weighted by Crippen LogP contribution is 2.32. The monoisotopic (exact) mass is 634 g/mol. The highest BCUT2D eigenvalue weighted by Gasteiger charge is 2.31. The molecule has 12 heteroatoms. The minimum Gasteiger partial charge on any atom is -0.406 e. The number of ether oxygens (including phenoxy) is 1. The van der Waals surface area contributed by atoms with Crippen molar-refractivity contribution in [3.8, 4) is 22.8 Å². The van der Waals surface area contributed by atoms with E-state index >= 15 is 0 Å². The van der Waals surface area contributed by atoms with Gasteiger partial charge in [0.25, 0.3) is 0 Å². The van der Waals surface area contributed by atoms with Gasteiger partial charge in [-0.05, 0) is 68.1 Å². The topological polar surface area (TPSA) is 85.0 Å². The molecule has 234 valence electrons. The van der Waals surface area contributed by atoms with Gasteiger partial charge in [-0.3, -0.25) is 0 Å². The standard InChI is InChI=1S/C33H33F3N6O2S/c1-5-24-8-6-7-9-29(24)42-21(2)18-19-45-32(42)39-31(43)38-23(4)22(3)25-10-12-26(13-11-25)30-37-20-41(40-30)27-14-16-28(17-15-27)44-33(34,35)36/h6-17,20-22H,5,18-19H2,1-4H3. The third kappa shape index (κ3) is 7.80. The number of aryl methyl sites for hydroxylation is 1. The quantitative estimate of drug-likeness (QED) is 0.190. The van der Waals surface area contributed by atoms with Gasteiger partial charge in [0, 0.05) is 34.7 Å². The normalized spacial score (nSPS) is 17.4. The van der Waals surface area contributed by atoms with Crippen LogP contribution in [0.25, 0.3) is 17.1 Å². The minimum atomic E-state index is -4.75. The first-order valence-corrected chi connectivity index (χ1v) is 15.6. The highest BCUT2D eigenvalue weighted by atomic mass is 32.2. The van der Waals surface area contributed by atoms with Crippen LogP contribution in [0.5, 0.6) is 5.75 Å². The number of anilines is 1. The van der Waals surface area contributed by atoms with Crippen molar-refractivity contribution in [1.29, 1.82) is 0 Å². The SMILES string of the molecule is CCc1ccccc1N1C(=NC(=O)N=C(C)C(C)c2ccc(-c3ncn(-c4ccc(OC(F)(F)F)cc4)n3)cc2)SCCC1C. The van der Waals surface area contributed by atoms with E-state index in [0.29, 0.717) is 22.4 Å². The van der Waals surface area contributed by atoms with Crippen LogP contribution in [0.15, 0.2) is 89.1 Å². The Hall–Kier alpha value is -4.45. The third-order valence-corrected chi connectivity index (χ3v) is 8.62. The Morgan fingerprint density at radius 1 is 1.09 bits per heavy atom. The van der Waals surface area contributed by atoms with Gasteiger partial charge in [0.1, 0.15) is 12.1 Å². The fraction of sp³-hybridized carbons (Fsp3) is 0.303. The molecule has 1 aliphatic heterocycles. The molecule has 2 amide bonds. The van der Waals surface area contributed by atoms with Gasteiger partial charge in [-0.2, -0.15) is 4.99 Å². The maximum absolute atomic E-state index is 13.0. The zero-order chi connectivity index (χ0) is 32.1. The molecule has 2 unspecified atom stereocenters. The van der Waals surface area contributed by atoms with Crippen molar-refractivity contribution in [2.75, 3.05) is 10.7 Å². The van der Waals surface area contributed by atoms with Crippen LogP contribution in [0.3, 0.4) is 0 Å². The molecular weight excluding hydrogens is 601 g/mol. The Balaban J connectivity index is 1.27. The molecule has 0 saturated carbocycles. The number of aromatic nitrogens is 3. The predicted molar refractivity (Wildman–Crippen MR) is 173 cm³/mol. The van der Waals surface area contributed by atoms with Crippen LogP contribution < -0.4 is 9.64 Å². The van der Waals surface area contributed by atoms with Crippen molar-refractivity contribution in [2.45, 2.75) is 58.9 Å². The van der Waals surface area contributed by atoms with Gasteiger partial charge >= 0.3 is 12.4 Å². The van der Waals surface area contributed by atoms with Crippen molar-refractivity contribution >= 4 is 34.4 Å². The number of amidine groups is 1. The lowest BCUT2D eigenvalue weighted by molar-refractivity contribution is -0.274. The largest absolute Gasteiger partial charge is 0.573 e. The highest BCUT2D eigenvalue weighted by molar-refractivity contribution is 8.14. The van der Waals surface area contributed by atoms with Crippen LogP contribution in [0, 0.1) is 0 Å². The number of thioether (sulfide) groups is 1. The fourth-order valence-electron chi connectivity index (χ4n) is 5.02. The van der Waals surface area contributed by atoms with Crippen molar-refractivity contribution in [2.24, 2.45) is 9.98 Å². The summed E-state index contributed by atoms with van der Waals surface area (Å²) in [6.45, 7) is 8.08. The summed E-state index contributed by atoms with van der Waals surface area (Å²) < 4.78 is 42.7. The van der Waals surface area contributed by atoms with Crippen molar-refractivity contribution < 1.29 is 22.7 Å². The number of carbonyl (C=O) groups excluding carboxylic acids is 1. The van der Waals surface area contributed by atoms with Crippen LogP contribution in [0.4, 0.5) is 23.7 Å². The van der Waals surface area contributed by atoms with Crippen LogP contribution >= 0.6 is 11.8 Å². The third-order valence-electron chi connectivity index (χ3n) is 7.63. The average molecular weight is 635 g/mol. The number of hydrogen-bond donors (Lipinski definition) is 0. The van der Waals surface area contributed by atoms with E-state index in [1.165, 1.54) is 40.8 Å². The molecule has 2 heterocycles. The van der Waals surface area contributed by atoms with Gasteiger partial charge < -0.3 is 9.64 Å². The van der Waals surface area contributed by atoms with E-state index in [2.05, 4.69) is 55.7 Å². The van der Waals surface area contributed by atoms with Gasteiger partial charge in [-0.15, -0.1) is 18.3 Å². The second kappa shape index (κ2) is 13.7. The van der Waals surface area contributed by atoms with E-state index in [-0.39, 0.29) is 17.7 Å². The number of amides is 2. The van der Waals surface area contributed by atoms with E-state index in [1.807, 2.05) is 50.2 Å². The lowest BCUT2D eigenvalue weighted by Gasteiger charge is -2.36. The summed E-state index contributed by atoms with van der Waals surface area (Å²) in [7, 11) is 0. The Kier molecular flexibility index (Phi) is 9.71. The summed E-state index contributed by atoms with van der Waals surface area (Å²) in [5.74, 6) is 0.891.